The highest BCUT2D eigenvalue weighted by molar-refractivity contribution is 7.10. The third kappa shape index (κ3) is 1.90. The first-order chi connectivity index (χ1) is 10.3. The molecule has 0 saturated heterocycles. The third-order valence-electron chi connectivity index (χ3n) is 4.36. The Bertz CT molecular complexity index is 809. The van der Waals surface area contributed by atoms with Crippen LogP contribution in [0, 0.1) is 0 Å². The molecule has 1 aliphatic rings. The maximum atomic E-state index is 6.07. The summed E-state index contributed by atoms with van der Waals surface area (Å²) < 4.78 is 0. The molecule has 0 aliphatic carbocycles. The normalized spacial score (nSPS) is 18.0. The van der Waals surface area contributed by atoms with E-state index in [0.717, 1.165) is 29.6 Å². The average molecular weight is 295 g/mol. The molecule has 4 rings (SSSR count). The van der Waals surface area contributed by atoms with Crippen LogP contribution in [-0.4, -0.2) is 11.5 Å². The molecule has 0 spiro atoms. The van der Waals surface area contributed by atoms with Gasteiger partial charge in [-0.1, -0.05) is 0 Å². The molecule has 2 N–H and O–H groups in total. The number of hydrogen-bond acceptors (Lipinski definition) is 4. The van der Waals surface area contributed by atoms with E-state index in [9.17, 15) is 0 Å². The van der Waals surface area contributed by atoms with E-state index >= 15 is 0 Å². The van der Waals surface area contributed by atoms with Gasteiger partial charge in [-0.25, -0.2) is 0 Å². The van der Waals surface area contributed by atoms with Crippen LogP contribution in [0.5, 0.6) is 0 Å². The zero-order chi connectivity index (χ0) is 14.4. The van der Waals surface area contributed by atoms with Crippen LogP contribution in [0.3, 0.4) is 0 Å². The molecule has 0 amide bonds. The van der Waals surface area contributed by atoms with Crippen molar-refractivity contribution in [1.29, 1.82) is 0 Å². The quantitative estimate of drug-likeness (QED) is 0.690. The summed E-state index contributed by atoms with van der Waals surface area (Å²) in [6, 6.07) is 10.9. The summed E-state index contributed by atoms with van der Waals surface area (Å²) in [6.07, 6.45) is 2.92. The minimum Gasteiger partial charge on any atom is -0.397 e. The highest BCUT2D eigenvalue weighted by atomic mass is 32.1. The van der Waals surface area contributed by atoms with Crippen molar-refractivity contribution >= 4 is 33.6 Å². The van der Waals surface area contributed by atoms with Crippen LogP contribution in [0.4, 0.5) is 11.4 Å². The molecule has 0 bridgehead atoms. The van der Waals surface area contributed by atoms with Gasteiger partial charge in [0.15, 0.2) is 0 Å². The zero-order valence-electron chi connectivity index (χ0n) is 11.9. The SMILES string of the molecule is CC1c2ccsc2CCN1c1ccc(N)c2ncccc12. The molecule has 1 aromatic carbocycles. The second-order valence-electron chi connectivity index (χ2n) is 5.49. The van der Waals surface area contributed by atoms with Crippen LogP contribution in [0.2, 0.25) is 0 Å². The fraction of sp³-hybridized carbons (Fsp3) is 0.235. The molecule has 0 fully saturated rings. The highest BCUT2D eigenvalue weighted by Gasteiger charge is 2.26. The number of nitrogen functional groups attached to an aromatic ring is 1. The fourth-order valence-corrected chi connectivity index (χ4v) is 4.23. The highest BCUT2D eigenvalue weighted by Crippen LogP contribution is 2.39. The van der Waals surface area contributed by atoms with Gasteiger partial charge in [0.25, 0.3) is 0 Å². The zero-order valence-corrected chi connectivity index (χ0v) is 12.7. The molecule has 2 aromatic heterocycles. The van der Waals surface area contributed by atoms with Gasteiger partial charge >= 0.3 is 0 Å². The van der Waals surface area contributed by atoms with Crippen LogP contribution in [0.1, 0.15) is 23.4 Å². The Morgan fingerprint density at radius 3 is 3.10 bits per heavy atom. The van der Waals surface area contributed by atoms with E-state index in [2.05, 4.69) is 40.4 Å². The monoisotopic (exact) mass is 295 g/mol. The van der Waals surface area contributed by atoms with Gasteiger partial charge in [0.2, 0.25) is 0 Å². The third-order valence-corrected chi connectivity index (χ3v) is 5.36. The number of fused-ring (bicyclic) bond motifs is 2. The molecule has 21 heavy (non-hydrogen) atoms. The lowest BCUT2D eigenvalue weighted by molar-refractivity contribution is 0.635. The predicted octanol–water partition coefficient (Wildman–Crippen LogP) is 4.00. The van der Waals surface area contributed by atoms with E-state index in [-0.39, 0.29) is 0 Å². The number of aromatic nitrogens is 1. The van der Waals surface area contributed by atoms with Crippen molar-refractivity contribution < 1.29 is 0 Å². The van der Waals surface area contributed by atoms with Gasteiger partial charge in [-0.05, 0) is 54.6 Å². The molecule has 0 saturated carbocycles. The van der Waals surface area contributed by atoms with Crippen LogP contribution >= 0.6 is 11.3 Å². The van der Waals surface area contributed by atoms with Gasteiger partial charge in [0, 0.05) is 28.7 Å². The number of hydrogen-bond donors (Lipinski definition) is 1. The Labute approximate surface area is 128 Å². The average Bonchev–Trinajstić information content (AvgIpc) is 2.99. The van der Waals surface area contributed by atoms with Gasteiger partial charge in [0.05, 0.1) is 17.2 Å². The van der Waals surface area contributed by atoms with Gasteiger partial charge in [0.1, 0.15) is 0 Å². The molecule has 106 valence electrons. The largest absolute Gasteiger partial charge is 0.397 e. The van der Waals surface area contributed by atoms with Crippen molar-refractivity contribution in [3.8, 4) is 0 Å². The standard InChI is InChI=1S/C17H17N3S/c1-11-12-7-10-21-16(12)6-9-20(11)15-5-4-14(18)17-13(15)3-2-8-19-17/h2-5,7-8,10-11H,6,9,18H2,1H3. The Morgan fingerprint density at radius 2 is 2.19 bits per heavy atom. The summed E-state index contributed by atoms with van der Waals surface area (Å²) in [7, 11) is 0. The van der Waals surface area contributed by atoms with Crippen LogP contribution in [0.25, 0.3) is 10.9 Å². The number of anilines is 2. The van der Waals surface area contributed by atoms with Gasteiger partial charge in [-0.3, -0.25) is 4.98 Å². The summed E-state index contributed by atoms with van der Waals surface area (Å²) in [4.78, 5) is 8.44. The molecular formula is C17H17N3S. The number of thiophene rings is 1. The molecule has 3 nitrogen and oxygen atoms in total. The Morgan fingerprint density at radius 1 is 1.29 bits per heavy atom. The summed E-state index contributed by atoms with van der Waals surface area (Å²) >= 11 is 1.87. The van der Waals surface area contributed by atoms with E-state index in [0.29, 0.717) is 6.04 Å². The molecule has 1 aliphatic heterocycles. The van der Waals surface area contributed by atoms with Gasteiger partial charge in [-0.15, -0.1) is 11.3 Å². The number of benzene rings is 1. The number of pyridine rings is 1. The maximum absolute atomic E-state index is 6.07. The summed E-state index contributed by atoms with van der Waals surface area (Å²) in [6.45, 7) is 3.33. The van der Waals surface area contributed by atoms with E-state index < -0.39 is 0 Å². The van der Waals surface area contributed by atoms with Crippen molar-refractivity contribution in [2.75, 3.05) is 17.2 Å². The first-order valence-electron chi connectivity index (χ1n) is 7.22. The first-order valence-corrected chi connectivity index (χ1v) is 8.10. The summed E-state index contributed by atoms with van der Waals surface area (Å²) in [5.41, 5.74) is 10.4. The smallest absolute Gasteiger partial charge is 0.0951 e. The van der Waals surface area contributed by atoms with Crippen LogP contribution in [-0.2, 0) is 6.42 Å². The lowest BCUT2D eigenvalue weighted by Crippen LogP contribution is -2.33. The molecule has 3 heterocycles. The lowest BCUT2D eigenvalue weighted by Gasteiger charge is -2.36. The molecule has 4 heteroatoms. The minimum absolute atomic E-state index is 0.395. The van der Waals surface area contributed by atoms with E-state index in [1.165, 1.54) is 16.1 Å². The van der Waals surface area contributed by atoms with Crippen LogP contribution < -0.4 is 10.6 Å². The van der Waals surface area contributed by atoms with Crippen LogP contribution in [0.15, 0.2) is 41.9 Å². The number of rotatable bonds is 1. The fourth-order valence-electron chi connectivity index (χ4n) is 3.27. The minimum atomic E-state index is 0.395. The summed E-state index contributed by atoms with van der Waals surface area (Å²) in [5, 5.41) is 3.34. The topological polar surface area (TPSA) is 42.1 Å². The predicted molar refractivity (Wildman–Crippen MR) is 89.9 cm³/mol. The number of nitrogens with two attached hydrogens (primary N) is 1. The summed E-state index contributed by atoms with van der Waals surface area (Å²) in [5.74, 6) is 0. The molecule has 3 aromatic rings. The van der Waals surface area contributed by atoms with E-state index in [1.54, 1.807) is 6.20 Å². The molecule has 0 radical (unpaired) electrons. The van der Waals surface area contributed by atoms with Crippen molar-refractivity contribution in [2.45, 2.75) is 19.4 Å². The Kier molecular flexibility index (Phi) is 2.86. The second-order valence-corrected chi connectivity index (χ2v) is 6.49. The van der Waals surface area contributed by atoms with Crippen molar-refractivity contribution in [3.63, 3.8) is 0 Å². The van der Waals surface area contributed by atoms with Gasteiger partial charge in [-0.2, -0.15) is 0 Å². The van der Waals surface area contributed by atoms with E-state index in [4.69, 9.17) is 5.73 Å². The van der Waals surface area contributed by atoms with Gasteiger partial charge < -0.3 is 10.6 Å². The van der Waals surface area contributed by atoms with Crippen molar-refractivity contribution in [1.82, 2.24) is 4.98 Å². The first kappa shape index (κ1) is 12.7. The Hall–Kier alpha value is -2.07. The maximum Gasteiger partial charge on any atom is 0.0951 e. The van der Waals surface area contributed by atoms with Crippen molar-refractivity contribution in [3.05, 3.63) is 52.3 Å². The second kappa shape index (κ2) is 4.74. The molecule has 1 atom stereocenters. The number of nitrogens with zero attached hydrogens (tertiary/aromatic N) is 2. The lowest BCUT2D eigenvalue weighted by atomic mass is 9.99. The molecular weight excluding hydrogens is 278 g/mol. The Balaban J connectivity index is 1.87. The molecule has 1 unspecified atom stereocenters. The van der Waals surface area contributed by atoms with Crippen molar-refractivity contribution in [2.24, 2.45) is 0 Å². The van der Waals surface area contributed by atoms with E-state index in [1.807, 2.05) is 23.5 Å².